The van der Waals surface area contributed by atoms with Crippen LogP contribution in [0.1, 0.15) is 32.1 Å². The number of unbranched alkanes of at least 4 members (excludes halogenated alkanes) is 3. The maximum absolute atomic E-state index is 11.7. The number of hydrogen-bond acceptors (Lipinski definition) is 5. The Morgan fingerprint density at radius 2 is 2.05 bits per heavy atom. The molecule has 0 spiro atoms. The summed E-state index contributed by atoms with van der Waals surface area (Å²) in [5, 5.41) is 5.96. The van der Waals surface area contributed by atoms with Crippen LogP contribution in [0.25, 0.3) is 0 Å². The Bertz CT molecular complexity index is 385. The molecule has 1 unspecified atom stereocenters. The number of carbonyl (C=O) groups excluding carboxylic acids is 1. The summed E-state index contributed by atoms with van der Waals surface area (Å²) in [6.07, 6.45) is 6.94. The van der Waals surface area contributed by atoms with E-state index in [0.29, 0.717) is 13.1 Å². The summed E-state index contributed by atoms with van der Waals surface area (Å²) in [6.45, 7) is 1.15. The summed E-state index contributed by atoms with van der Waals surface area (Å²) >= 11 is 1.86. The molecule has 2 N–H and O–H groups in total. The molecule has 5 nitrogen and oxygen atoms in total. The average Bonchev–Trinajstić information content (AvgIpc) is 2.36. The highest BCUT2D eigenvalue weighted by atomic mass is 32.2. The molecule has 1 aliphatic rings. The van der Waals surface area contributed by atoms with E-state index in [4.69, 9.17) is 0 Å². The zero-order valence-electron chi connectivity index (χ0n) is 12.2. The van der Waals surface area contributed by atoms with E-state index < -0.39 is 9.84 Å². The van der Waals surface area contributed by atoms with Gasteiger partial charge in [0, 0.05) is 25.6 Å². The number of nitrogens with one attached hydrogen (secondary N) is 2. The average molecular weight is 322 g/mol. The Hall–Kier alpha value is -0.270. The van der Waals surface area contributed by atoms with E-state index in [0.717, 1.165) is 12.8 Å². The third-order valence-electron chi connectivity index (χ3n) is 3.33. The fourth-order valence-electron chi connectivity index (χ4n) is 2.25. The topological polar surface area (TPSA) is 75.3 Å². The molecule has 1 fully saturated rings. The van der Waals surface area contributed by atoms with Crippen molar-refractivity contribution in [2.75, 3.05) is 36.6 Å². The fraction of sp³-hybridized carbons (Fsp3) is 0.923. The first-order chi connectivity index (χ1) is 9.53. The molecule has 0 bridgehead atoms. The Morgan fingerprint density at radius 3 is 2.75 bits per heavy atom. The van der Waals surface area contributed by atoms with Crippen molar-refractivity contribution >= 4 is 27.5 Å². The van der Waals surface area contributed by atoms with Gasteiger partial charge >= 0.3 is 0 Å². The van der Waals surface area contributed by atoms with E-state index in [1.54, 1.807) is 0 Å². The van der Waals surface area contributed by atoms with Gasteiger partial charge in [-0.2, -0.15) is 11.8 Å². The second kappa shape index (κ2) is 9.63. The maximum Gasteiger partial charge on any atom is 0.221 e. The minimum absolute atomic E-state index is 0.0521. The molecule has 0 aromatic carbocycles. The molecule has 0 saturated carbocycles. The first-order valence-corrected chi connectivity index (χ1v) is 10.4. The normalized spacial score (nSPS) is 21.6. The van der Waals surface area contributed by atoms with Gasteiger partial charge in [-0.25, -0.2) is 8.42 Å². The van der Waals surface area contributed by atoms with Crippen molar-refractivity contribution in [1.29, 1.82) is 0 Å². The number of rotatable bonds is 9. The minimum Gasteiger partial charge on any atom is -0.356 e. The number of hydrogen-bond donors (Lipinski definition) is 2. The van der Waals surface area contributed by atoms with Gasteiger partial charge in [-0.05, 0) is 24.9 Å². The van der Waals surface area contributed by atoms with Gasteiger partial charge in [-0.3, -0.25) is 4.79 Å². The van der Waals surface area contributed by atoms with Gasteiger partial charge in [0.25, 0.3) is 0 Å². The molecule has 1 atom stereocenters. The molecule has 1 rings (SSSR count). The van der Waals surface area contributed by atoms with E-state index in [9.17, 15) is 13.2 Å². The van der Waals surface area contributed by atoms with E-state index in [2.05, 4.69) is 16.9 Å². The molecule has 1 saturated heterocycles. The van der Waals surface area contributed by atoms with Crippen molar-refractivity contribution in [3.63, 3.8) is 0 Å². The van der Waals surface area contributed by atoms with E-state index in [1.165, 1.54) is 18.6 Å². The summed E-state index contributed by atoms with van der Waals surface area (Å²) in [6, 6.07) is -0.227. The highest BCUT2D eigenvalue weighted by molar-refractivity contribution is 7.98. The molecule has 1 amide bonds. The van der Waals surface area contributed by atoms with Crippen molar-refractivity contribution in [2.45, 2.75) is 38.1 Å². The van der Waals surface area contributed by atoms with Crippen LogP contribution in [0.3, 0.4) is 0 Å². The first kappa shape index (κ1) is 17.8. The monoisotopic (exact) mass is 322 g/mol. The minimum atomic E-state index is -2.96. The van der Waals surface area contributed by atoms with Gasteiger partial charge in [0.05, 0.1) is 11.5 Å². The molecule has 7 heteroatoms. The molecule has 1 aliphatic heterocycles. The molecule has 0 aromatic rings. The van der Waals surface area contributed by atoms with Crippen molar-refractivity contribution in [2.24, 2.45) is 0 Å². The second-order valence-electron chi connectivity index (χ2n) is 5.23. The fourth-order valence-corrected chi connectivity index (χ4v) is 4.18. The summed E-state index contributed by atoms with van der Waals surface area (Å²) in [4.78, 5) is 11.7. The van der Waals surface area contributed by atoms with E-state index in [-0.39, 0.29) is 29.9 Å². The van der Waals surface area contributed by atoms with Crippen LogP contribution in [0.4, 0.5) is 0 Å². The predicted octanol–water partition coefficient (Wildman–Crippen LogP) is 0.803. The molecule has 1 heterocycles. The lowest BCUT2D eigenvalue weighted by Crippen LogP contribution is -2.47. The van der Waals surface area contributed by atoms with Gasteiger partial charge < -0.3 is 10.6 Å². The highest BCUT2D eigenvalue weighted by Crippen LogP contribution is 2.06. The second-order valence-corrected chi connectivity index (χ2v) is 8.44. The Morgan fingerprint density at radius 1 is 1.30 bits per heavy atom. The SMILES string of the molecule is CSCCCCCCNC(=O)CC1CS(=O)(=O)CCN1. The lowest BCUT2D eigenvalue weighted by molar-refractivity contribution is -0.121. The molecule has 118 valence electrons. The number of sulfone groups is 1. The lowest BCUT2D eigenvalue weighted by Gasteiger charge is -2.23. The van der Waals surface area contributed by atoms with Gasteiger partial charge in [-0.15, -0.1) is 0 Å². The van der Waals surface area contributed by atoms with Gasteiger partial charge in [0.2, 0.25) is 5.91 Å². The summed E-state index contributed by atoms with van der Waals surface area (Å²) in [7, 11) is -2.96. The van der Waals surface area contributed by atoms with Crippen LogP contribution >= 0.6 is 11.8 Å². The Balaban J connectivity index is 2.05. The zero-order valence-corrected chi connectivity index (χ0v) is 13.8. The van der Waals surface area contributed by atoms with Crippen LogP contribution < -0.4 is 10.6 Å². The van der Waals surface area contributed by atoms with Crippen molar-refractivity contribution in [3.05, 3.63) is 0 Å². The first-order valence-electron chi connectivity index (χ1n) is 7.23. The highest BCUT2D eigenvalue weighted by Gasteiger charge is 2.25. The zero-order chi connectivity index (χ0) is 14.8. The molecular formula is C13H26N2O3S2. The van der Waals surface area contributed by atoms with Gasteiger partial charge in [0.15, 0.2) is 9.84 Å². The predicted molar refractivity (Wildman–Crippen MR) is 84.9 cm³/mol. The quantitative estimate of drug-likeness (QED) is 0.614. The van der Waals surface area contributed by atoms with Crippen LogP contribution in [-0.4, -0.2) is 57.0 Å². The van der Waals surface area contributed by atoms with E-state index >= 15 is 0 Å². The summed E-state index contributed by atoms with van der Waals surface area (Å²) in [5.74, 6) is 1.41. The summed E-state index contributed by atoms with van der Waals surface area (Å²) < 4.78 is 22.9. The summed E-state index contributed by atoms with van der Waals surface area (Å²) in [5.41, 5.74) is 0. The Kier molecular flexibility index (Phi) is 8.56. The number of carbonyl (C=O) groups is 1. The van der Waals surface area contributed by atoms with Crippen LogP contribution in [0.15, 0.2) is 0 Å². The molecule has 0 aliphatic carbocycles. The van der Waals surface area contributed by atoms with Gasteiger partial charge in [-0.1, -0.05) is 12.8 Å². The number of amides is 1. The van der Waals surface area contributed by atoms with Crippen molar-refractivity contribution in [3.8, 4) is 0 Å². The largest absolute Gasteiger partial charge is 0.356 e. The molecule has 20 heavy (non-hydrogen) atoms. The van der Waals surface area contributed by atoms with Crippen LogP contribution in [0.2, 0.25) is 0 Å². The Labute approximate surface area is 126 Å². The van der Waals surface area contributed by atoms with Crippen LogP contribution in [0, 0.1) is 0 Å². The third kappa shape index (κ3) is 8.11. The smallest absolute Gasteiger partial charge is 0.221 e. The molecule has 0 aromatic heterocycles. The standard InChI is InChI=1S/C13H26N2O3S2/c1-19-8-5-3-2-4-6-15-13(16)10-12-11-20(17,18)9-7-14-12/h12,14H,2-11H2,1H3,(H,15,16). The van der Waals surface area contributed by atoms with Gasteiger partial charge in [0.1, 0.15) is 0 Å². The van der Waals surface area contributed by atoms with Crippen LogP contribution in [-0.2, 0) is 14.6 Å². The number of thioether (sulfide) groups is 1. The van der Waals surface area contributed by atoms with Crippen molar-refractivity contribution in [1.82, 2.24) is 10.6 Å². The van der Waals surface area contributed by atoms with Crippen LogP contribution in [0.5, 0.6) is 0 Å². The van der Waals surface area contributed by atoms with Crippen molar-refractivity contribution < 1.29 is 13.2 Å². The molecular weight excluding hydrogens is 296 g/mol. The lowest BCUT2D eigenvalue weighted by atomic mass is 10.2. The van der Waals surface area contributed by atoms with E-state index in [1.807, 2.05) is 11.8 Å². The third-order valence-corrected chi connectivity index (χ3v) is 5.76. The maximum atomic E-state index is 11.7. The molecule has 0 radical (unpaired) electrons.